The van der Waals surface area contributed by atoms with E-state index in [9.17, 15) is 4.21 Å². The molecule has 0 aliphatic heterocycles. The lowest BCUT2D eigenvalue weighted by molar-refractivity contribution is 0.690. The van der Waals surface area contributed by atoms with Gasteiger partial charge in [-0.05, 0) is 59.4 Å². The van der Waals surface area contributed by atoms with Gasteiger partial charge in [0.25, 0.3) is 0 Å². The molecule has 0 radical (unpaired) electrons. The minimum absolute atomic E-state index is 0.855. The van der Waals surface area contributed by atoms with Crippen molar-refractivity contribution >= 4 is 28.3 Å². The number of hydrogen-bond acceptors (Lipinski definition) is 2. The molecule has 1 aromatic heterocycles. The number of hydrogen-bond donors (Lipinski definition) is 1. The van der Waals surface area contributed by atoms with E-state index >= 15 is 0 Å². The molecular weight excluding hydrogens is 340 g/mol. The number of rotatable bonds is 3. The molecule has 1 heterocycles. The molecule has 4 rings (SSSR count). The first-order valence-electron chi connectivity index (χ1n) is 8.65. The fourth-order valence-corrected chi connectivity index (χ4v) is 3.92. The molecule has 1 unspecified atom stereocenters. The summed E-state index contributed by atoms with van der Waals surface area (Å²) < 4.78 is 14.4. The van der Waals surface area contributed by atoms with Gasteiger partial charge in [-0.25, -0.2) is 4.21 Å². The van der Waals surface area contributed by atoms with Crippen LogP contribution in [0.1, 0.15) is 27.9 Å². The van der Waals surface area contributed by atoms with Gasteiger partial charge in [-0.1, -0.05) is 42.5 Å². The van der Waals surface area contributed by atoms with Crippen molar-refractivity contribution in [3.05, 3.63) is 94.8 Å². The number of nitrogens with one attached hydrogen (secondary N) is 1. The summed E-state index contributed by atoms with van der Waals surface area (Å²) in [4.78, 5) is 4.62. The van der Waals surface area contributed by atoms with Crippen molar-refractivity contribution in [1.82, 2.24) is 4.98 Å². The molecule has 1 aliphatic carbocycles. The third-order valence-electron chi connectivity index (χ3n) is 4.58. The Kier molecular flexibility index (Phi) is 4.67. The van der Waals surface area contributed by atoms with Crippen LogP contribution in [0.2, 0.25) is 0 Å². The second kappa shape index (κ2) is 7.26. The Morgan fingerprint density at radius 1 is 1.00 bits per heavy atom. The lowest BCUT2D eigenvalue weighted by Gasteiger charge is -2.12. The van der Waals surface area contributed by atoms with Crippen molar-refractivity contribution in [1.29, 1.82) is 0 Å². The van der Waals surface area contributed by atoms with Crippen LogP contribution in [0.25, 0.3) is 11.6 Å². The molecule has 0 saturated heterocycles. The SMILES string of the molecule is CS(=O)Nc1cccc(/C=C2\c3ccccc3CCc3ncccc32)c1. The van der Waals surface area contributed by atoms with Gasteiger partial charge in [-0.3, -0.25) is 4.98 Å². The average Bonchev–Trinajstić information content (AvgIpc) is 2.80. The van der Waals surface area contributed by atoms with Gasteiger partial charge in [0, 0.05) is 29.4 Å². The molecule has 4 heteroatoms. The summed E-state index contributed by atoms with van der Waals surface area (Å²) in [6.07, 6.45) is 7.64. The van der Waals surface area contributed by atoms with Crippen molar-refractivity contribution in [2.75, 3.05) is 11.0 Å². The molecule has 0 saturated carbocycles. The first-order valence-corrected chi connectivity index (χ1v) is 10.2. The molecule has 1 atom stereocenters. The van der Waals surface area contributed by atoms with E-state index in [1.807, 2.05) is 30.5 Å². The van der Waals surface area contributed by atoms with Gasteiger partial charge >= 0.3 is 0 Å². The predicted molar refractivity (Wildman–Crippen MR) is 109 cm³/mol. The number of aryl methyl sites for hydroxylation is 2. The Morgan fingerprint density at radius 2 is 1.85 bits per heavy atom. The van der Waals surface area contributed by atoms with E-state index in [-0.39, 0.29) is 0 Å². The van der Waals surface area contributed by atoms with Crippen LogP contribution in [0.5, 0.6) is 0 Å². The van der Waals surface area contributed by atoms with Gasteiger partial charge in [0.15, 0.2) is 0 Å². The second-order valence-electron chi connectivity index (χ2n) is 6.39. The van der Waals surface area contributed by atoms with Crippen LogP contribution < -0.4 is 4.72 Å². The summed E-state index contributed by atoms with van der Waals surface area (Å²) in [6.45, 7) is 0. The minimum atomic E-state index is -1.09. The Labute approximate surface area is 156 Å². The zero-order valence-corrected chi connectivity index (χ0v) is 15.4. The van der Waals surface area contributed by atoms with E-state index in [0.29, 0.717) is 0 Å². The average molecular weight is 360 g/mol. The number of aromatic nitrogens is 1. The molecule has 3 aromatic rings. The molecule has 1 N–H and O–H groups in total. The van der Waals surface area contributed by atoms with Crippen LogP contribution in [0.15, 0.2) is 66.9 Å². The van der Waals surface area contributed by atoms with Crippen LogP contribution in [0, 0.1) is 0 Å². The Bertz CT molecular complexity index is 961. The van der Waals surface area contributed by atoms with Gasteiger partial charge in [0.1, 0.15) is 11.0 Å². The molecule has 0 spiro atoms. The summed E-state index contributed by atoms with van der Waals surface area (Å²) >= 11 is 0. The van der Waals surface area contributed by atoms with Crippen LogP contribution >= 0.6 is 0 Å². The maximum Gasteiger partial charge on any atom is 0.113 e. The highest BCUT2D eigenvalue weighted by Crippen LogP contribution is 2.34. The van der Waals surface area contributed by atoms with E-state index in [0.717, 1.165) is 29.8 Å². The Balaban J connectivity index is 1.87. The molecular formula is C22H20N2OS. The Hall–Kier alpha value is -2.72. The maximum absolute atomic E-state index is 11.5. The van der Waals surface area contributed by atoms with Crippen molar-refractivity contribution in [3.8, 4) is 0 Å². The smallest absolute Gasteiger partial charge is 0.113 e. The zero-order valence-electron chi connectivity index (χ0n) is 14.6. The topological polar surface area (TPSA) is 42.0 Å². The van der Waals surface area contributed by atoms with Gasteiger partial charge in [-0.2, -0.15) is 0 Å². The molecule has 0 amide bonds. The quantitative estimate of drug-likeness (QED) is 0.748. The largest absolute Gasteiger partial charge is 0.305 e. The molecule has 0 bridgehead atoms. The fourth-order valence-electron chi connectivity index (χ4n) is 3.46. The predicted octanol–water partition coefficient (Wildman–Crippen LogP) is 4.47. The molecule has 1 aliphatic rings. The van der Waals surface area contributed by atoms with Crippen molar-refractivity contribution in [2.24, 2.45) is 0 Å². The summed E-state index contributed by atoms with van der Waals surface area (Å²) in [5, 5.41) is 0. The normalized spacial score (nSPS) is 15.7. The van der Waals surface area contributed by atoms with Gasteiger partial charge in [0.05, 0.1) is 0 Å². The highest BCUT2D eigenvalue weighted by molar-refractivity contribution is 7.85. The number of fused-ring (bicyclic) bond motifs is 2. The Morgan fingerprint density at radius 3 is 2.73 bits per heavy atom. The molecule has 2 aromatic carbocycles. The molecule has 3 nitrogen and oxygen atoms in total. The summed E-state index contributed by atoms with van der Waals surface area (Å²) in [5.41, 5.74) is 8.05. The van der Waals surface area contributed by atoms with Gasteiger partial charge in [0.2, 0.25) is 0 Å². The lowest BCUT2D eigenvalue weighted by Crippen LogP contribution is -2.00. The third-order valence-corrected chi connectivity index (χ3v) is 5.10. The zero-order chi connectivity index (χ0) is 17.9. The van der Waals surface area contributed by atoms with E-state index in [1.54, 1.807) is 6.26 Å². The first kappa shape index (κ1) is 16.7. The lowest BCUT2D eigenvalue weighted by atomic mass is 9.93. The van der Waals surface area contributed by atoms with E-state index in [1.165, 1.54) is 22.3 Å². The van der Waals surface area contributed by atoms with Crippen LogP contribution in [0.3, 0.4) is 0 Å². The fraction of sp³-hybridized carbons (Fsp3) is 0.136. The van der Waals surface area contributed by atoms with Crippen molar-refractivity contribution in [3.63, 3.8) is 0 Å². The summed E-state index contributed by atoms with van der Waals surface area (Å²) in [7, 11) is -1.09. The van der Waals surface area contributed by atoms with Crippen molar-refractivity contribution in [2.45, 2.75) is 12.8 Å². The highest BCUT2D eigenvalue weighted by atomic mass is 32.2. The molecule has 26 heavy (non-hydrogen) atoms. The molecule has 0 fully saturated rings. The number of benzene rings is 2. The van der Waals surface area contributed by atoms with Crippen molar-refractivity contribution < 1.29 is 4.21 Å². The maximum atomic E-state index is 11.5. The minimum Gasteiger partial charge on any atom is -0.305 e. The number of nitrogens with zero attached hydrogens (tertiary/aromatic N) is 1. The number of anilines is 1. The van der Waals surface area contributed by atoms with E-state index in [4.69, 9.17) is 0 Å². The highest BCUT2D eigenvalue weighted by Gasteiger charge is 2.18. The van der Waals surface area contributed by atoms with Crippen LogP contribution in [-0.2, 0) is 23.8 Å². The molecule has 130 valence electrons. The van der Waals surface area contributed by atoms with Gasteiger partial charge in [-0.15, -0.1) is 0 Å². The monoisotopic (exact) mass is 360 g/mol. The van der Waals surface area contributed by atoms with Gasteiger partial charge < -0.3 is 4.72 Å². The summed E-state index contributed by atoms with van der Waals surface area (Å²) in [6, 6.07) is 20.7. The summed E-state index contributed by atoms with van der Waals surface area (Å²) in [5.74, 6) is 0. The van der Waals surface area contributed by atoms with E-state index in [2.05, 4.69) is 52.2 Å². The van der Waals surface area contributed by atoms with Crippen LogP contribution in [0.4, 0.5) is 5.69 Å². The second-order valence-corrected chi connectivity index (χ2v) is 7.51. The van der Waals surface area contributed by atoms with Crippen LogP contribution in [-0.4, -0.2) is 15.4 Å². The van der Waals surface area contributed by atoms with E-state index < -0.39 is 11.0 Å². The number of pyridine rings is 1. The third kappa shape index (κ3) is 3.46. The standard InChI is InChI=1S/C22H20N2OS/c1-26(25)24-18-8-4-6-16(14-18)15-21-19-9-3-2-7-17(19)11-12-22-20(21)10-5-13-23-22/h2-10,13-15,24H,11-12H2,1H3/b21-15+. The first-order chi connectivity index (χ1) is 12.7.